The van der Waals surface area contributed by atoms with E-state index in [0.29, 0.717) is 11.9 Å². The highest BCUT2D eigenvalue weighted by molar-refractivity contribution is 7.90. The lowest BCUT2D eigenvalue weighted by Crippen LogP contribution is -2.38. The summed E-state index contributed by atoms with van der Waals surface area (Å²) in [5, 5.41) is 5.58. The summed E-state index contributed by atoms with van der Waals surface area (Å²) in [6.45, 7) is 4.16. The highest BCUT2D eigenvalue weighted by Crippen LogP contribution is 2.25. The predicted octanol–water partition coefficient (Wildman–Crippen LogP) is 1.94. The Balaban J connectivity index is 2.03. The Kier molecular flexibility index (Phi) is 4.42. The van der Waals surface area contributed by atoms with Gasteiger partial charge in [-0.3, -0.25) is 13.9 Å². The van der Waals surface area contributed by atoms with Crippen LogP contribution in [0.2, 0.25) is 0 Å². The summed E-state index contributed by atoms with van der Waals surface area (Å²) < 4.78 is 29.8. The number of nitrogens with zero attached hydrogens (tertiary/aromatic N) is 4. The van der Waals surface area contributed by atoms with Crippen molar-refractivity contribution in [1.82, 2.24) is 18.3 Å². The van der Waals surface area contributed by atoms with E-state index in [4.69, 9.17) is 0 Å². The van der Waals surface area contributed by atoms with Gasteiger partial charge in [0.25, 0.3) is 15.6 Å². The molecule has 4 aromatic rings. The summed E-state index contributed by atoms with van der Waals surface area (Å²) in [5.74, 6) is 0.105. The van der Waals surface area contributed by atoms with Gasteiger partial charge in [0.05, 0.1) is 11.1 Å². The molecule has 0 bridgehead atoms. The van der Waals surface area contributed by atoms with Gasteiger partial charge in [0, 0.05) is 19.0 Å². The van der Waals surface area contributed by atoms with Crippen molar-refractivity contribution in [3.8, 4) is 0 Å². The highest BCUT2D eigenvalue weighted by atomic mass is 32.2. The fraction of sp³-hybridized carbons (Fsp3) is 0.250. The summed E-state index contributed by atoms with van der Waals surface area (Å²) in [6, 6.07) is 12.1. The number of hydrogen-bond donors (Lipinski definition) is 0. The molecule has 0 atom stereocenters. The Morgan fingerprint density at radius 3 is 2.41 bits per heavy atom. The van der Waals surface area contributed by atoms with Crippen molar-refractivity contribution < 1.29 is 8.42 Å². The van der Waals surface area contributed by atoms with E-state index in [1.807, 2.05) is 32.0 Å². The van der Waals surface area contributed by atoms with Gasteiger partial charge in [-0.15, -0.1) is 5.10 Å². The van der Waals surface area contributed by atoms with E-state index in [1.54, 1.807) is 18.2 Å². The van der Waals surface area contributed by atoms with Crippen LogP contribution in [0, 0.1) is 5.92 Å². The Bertz CT molecular complexity index is 1470. The molecule has 150 valence electrons. The first-order chi connectivity index (χ1) is 13.7. The predicted molar refractivity (Wildman–Crippen MR) is 111 cm³/mol. The van der Waals surface area contributed by atoms with Gasteiger partial charge in [0.1, 0.15) is 5.39 Å². The molecule has 0 aliphatic heterocycles. The van der Waals surface area contributed by atoms with Crippen LogP contribution in [-0.2, 0) is 23.6 Å². The zero-order valence-electron chi connectivity index (χ0n) is 16.2. The molecule has 0 aliphatic rings. The molecule has 0 saturated carbocycles. The maximum Gasteiger partial charge on any atom is 0.332 e. The molecule has 2 aromatic heterocycles. The second-order valence-corrected chi connectivity index (χ2v) is 9.14. The second kappa shape index (κ2) is 6.70. The molecule has 0 saturated heterocycles. The molecule has 29 heavy (non-hydrogen) atoms. The molecule has 0 fully saturated rings. The fourth-order valence-electron chi connectivity index (χ4n) is 3.41. The molecular weight excluding hydrogens is 392 g/mol. The average molecular weight is 412 g/mol. The van der Waals surface area contributed by atoms with E-state index in [9.17, 15) is 18.0 Å². The van der Waals surface area contributed by atoms with Crippen molar-refractivity contribution in [1.29, 1.82) is 0 Å². The minimum atomic E-state index is -4.07. The molecule has 9 heteroatoms. The third-order valence-corrected chi connectivity index (χ3v) is 6.40. The first-order valence-electron chi connectivity index (χ1n) is 9.14. The highest BCUT2D eigenvalue weighted by Gasteiger charge is 2.24. The molecule has 2 heterocycles. The molecule has 0 radical (unpaired) electrons. The smallest absolute Gasteiger partial charge is 0.276 e. The molecule has 4 rings (SSSR count). The van der Waals surface area contributed by atoms with Crippen molar-refractivity contribution in [3.63, 3.8) is 0 Å². The summed E-state index contributed by atoms with van der Waals surface area (Å²) in [6.07, 6.45) is 1.19. The van der Waals surface area contributed by atoms with E-state index in [-0.39, 0.29) is 21.8 Å². The largest absolute Gasteiger partial charge is 0.332 e. The molecular formula is C20H20N4O4S. The lowest BCUT2D eigenvalue weighted by molar-refractivity contribution is 0.499. The van der Waals surface area contributed by atoms with Crippen LogP contribution in [-0.4, -0.2) is 26.7 Å². The van der Waals surface area contributed by atoms with Crippen LogP contribution in [0.3, 0.4) is 0 Å². The third-order valence-electron chi connectivity index (χ3n) is 4.80. The number of benzene rings is 2. The Morgan fingerprint density at radius 1 is 1.00 bits per heavy atom. The molecule has 0 spiro atoms. The lowest BCUT2D eigenvalue weighted by atomic mass is 10.1. The second-order valence-electron chi connectivity index (χ2n) is 7.37. The number of hydrogen-bond acceptors (Lipinski definition) is 5. The Morgan fingerprint density at radius 2 is 1.69 bits per heavy atom. The zero-order valence-corrected chi connectivity index (χ0v) is 17.0. The monoisotopic (exact) mass is 412 g/mol. The first kappa shape index (κ1) is 19.1. The summed E-state index contributed by atoms with van der Waals surface area (Å²) in [5.41, 5.74) is -1.04. The Labute approximate surface area is 166 Å². The molecule has 0 N–H and O–H groups in total. The van der Waals surface area contributed by atoms with Gasteiger partial charge in [0.15, 0.2) is 5.65 Å². The maximum absolute atomic E-state index is 13.3. The van der Waals surface area contributed by atoms with E-state index in [2.05, 4.69) is 5.10 Å². The number of aromatic nitrogens is 4. The Hall–Kier alpha value is -3.20. The van der Waals surface area contributed by atoms with Crippen molar-refractivity contribution in [3.05, 3.63) is 69.5 Å². The van der Waals surface area contributed by atoms with Crippen LogP contribution >= 0.6 is 0 Å². The van der Waals surface area contributed by atoms with E-state index < -0.39 is 21.3 Å². The van der Waals surface area contributed by atoms with Crippen LogP contribution in [0.1, 0.15) is 13.8 Å². The topological polar surface area (TPSA) is 96.0 Å². The molecule has 2 aromatic carbocycles. The number of fused-ring (bicyclic) bond motifs is 2. The molecule has 0 aliphatic carbocycles. The fourth-order valence-corrected chi connectivity index (χ4v) is 4.75. The zero-order chi connectivity index (χ0) is 20.9. The summed E-state index contributed by atoms with van der Waals surface area (Å²) in [7, 11) is -2.70. The van der Waals surface area contributed by atoms with Crippen molar-refractivity contribution in [2.75, 3.05) is 0 Å². The van der Waals surface area contributed by atoms with Crippen LogP contribution in [0.25, 0.3) is 21.8 Å². The van der Waals surface area contributed by atoms with E-state index in [0.717, 1.165) is 14.0 Å². The van der Waals surface area contributed by atoms with Crippen molar-refractivity contribution >= 4 is 31.8 Å². The molecule has 0 amide bonds. The van der Waals surface area contributed by atoms with Crippen LogP contribution in [0.5, 0.6) is 0 Å². The molecule has 8 nitrogen and oxygen atoms in total. The van der Waals surface area contributed by atoms with Gasteiger partial charge < -0.3 is 0 Å². The summed E-state index contributed by atoms with van der Waals surface area (Å²) in [4.78, 5) is 25.2. The third kappa shape index (κ3) is 2.98. The molecule has 0 unspecified atom stereocenters. The first-order valence-corrected chi connectivity index (χ1v) is 10.6. The van der Waals surface area contributed by atoms with Gasteiger partial charge in [-0.2, -0.15) is 12.5 Å². The SMILES string of the molecule is CC(C)Cn1c(=O)n(C)c(=O)c2cn(S(=O)(=O)c3cccc4ccccc34)nc21. The van der Waals surface area contributed by atoms with Gasteiger partial charge in [-0.05, 0) is 17.4 Å². The summed E-state index contributed by atoms with van der Waals surface area (Å²) >= 11 is 0. The standard InChI is InChI=1S/C20H20N4O4S/c1-13(2)11-23-18-16(19(25)22(3)20(23)26)12-24(21-18)29(27,28)17-10-6-8-14-7-4-5-9-15(14)17/h4-10,12-13H,11H2,1-3H3. The quantitative estimate of drug-likeness (QED) is 0.510. The maximum atomic E-state index is 13.3. The van der Waals surface area contributed by atoms with Gasteiger partial charge in [-0.1, -0.05) is 50.2 Å². The minimum Gasteiger partial charge on any atom is -0.276 e. The van der Waals surface area contributed by atoms with E-state index in [1.165, 1.54) is 23.9 Å². The minimum absolute atomic E-state index is 0.0654. The van der Waals surface area contributed by atoms with E-state index >= 15 is 0 Å². The van der Waals surface area contributed by atoms with Crippen LogP contribution in [0.15, 0.2) is 63.1 Å². The normalized spacial score (nSPS) is 12.3. The lowest BCUT2D eigenvalue weighted by Gasteiger charge is -2.10. The van der Waals surface area contributed by atoms with Crippen molar-refractivity contribution in [2.45, 2.75) is 25.3 Å². The average Bonchev–Trinajstić information content (AvgIpc) is 3.15. The van der Waals surface area contributed by atoms with Gasteiger partial charge in [0.2, 0.25) is 0 Å². The van der Waals surface area contributed by atoms with Crippen LogP contribution < -0.4 is 11.2 Å². The van der Waals surface area contributed by atoms with Gasteiger partial charge >= 0.3 is 5.69 Å². The van der Waals surface area contributed by atoms with Crippen molar-refractivity contribution in [2.24, 2.45) is 13.0 Å². The van der Waals surface area contributed by atoms with Crippen LogP contribution in [0.4, 0.5) is 0 Å². The van der Waals surface area contributed by atoms with Gasteiger partial charge in [-0.25, -0.2) is 4.79 Å². The number of rotatable bonds is 4.